The predicted octanol–water partition coefficient (Wildman–Crippen LogP) is 2.11. The van der Waals surface area contributed by atoms with Crippen LogP contribution in [0.3, 0.4) is 0 Å². The fourth-order valence-electron chi connectivity index (χ4n) is 6.14. The van der Waals surface area contributed by atoms with E-state index < -0.39 is 12.2 Å². The fraction of sp³-hybridized carbons (Fsp3) is 0.619. The minimum absolute atomic E-state index is 0.0299. The van der Waals surface area contributed by atoms with Crippen LogP contribution in [0.5, 0.6) is 11.5 Å². The smallest absolute Gasteiger partial charge is 0.303 e. The van der Waals surface area contributed by atoms with Crippen molar-refractivity contribution < 1.29 is 33.0 Å². The average Bonchev–Trinajstić information content (AvgIpc) is 3.19. The number of rotatable bonds is 2. The largest absolute Gasteiger partial charge is 0.459 e. The fourth-order valence-corrected chi connectivity index (χ4v) is 6.14. The molecule has 150 valence electrons. The first-order valence-corrected chi connectivity index (χ1v) is 9.97. The number of likely N-dealkylation sites (N-methyl/N-ethyl adjacent to an activating group) is 1. The highest BCUT2D eigenvalue weighted by Gasteiger charge is 2.61. The number of hydrogen-bond donors (Lipinski definition) is 0. The van der Waals surface area contributed by atoms with E-state index in [1.54, 1.807) is 0 Å². The molecule has 1 aliphatic carbocycles. The van der Waals surface area contributed by atoms with Gasteiger partial charge >= 0.3 is 11.9 Å². The summed E-state index contributed by atoms with van der Waals surface area (Å²) < 4.78 is 23.6. The first-order chi connectivity index (χ1) is 13.4. The van der Waals surface area contributed by atoms with E-state index in [2.05, 4.69) is 13.1 Å². The molecule has 3 heterocycles. The summed E-state index contributed by atoms with van der Waals surface area (Å²) >= 11 is 0. The van der Waals surface area contributed by atoms with Crippen LogP contribution in [0.15, 0.2) is 12.1 Å². The van der Waals surface area contributed by atoms with Gasteiger partial charge in [0.2, 0.25) is 6.79 Å². The molecule has 7 heteroatoms. The zero-order chi connectivity index (χ0) is 19.6. The molecular weight excluding hydrogens is 362 g/mol. The highest BCUT2D eigenvalue weighted by atomic mass is 16.7. The molecule has 4 aliphatic rings. The Balaban J connectivity index is 1.65. The molecule has 2 fully saturated rings. The summed E-state index contributed by atoms with van der Waals surface area (Å²) in [5.74, 6) is 1.23. The van der Waals surface area contributed by atoms with Gasteiger partial charge in [-0.25, -0.2) is 0 Å². The second-order valence-electron chi connectivity index (χ2n) is 8.79. The quantitative estimate of drug-likeness (QED) is 0.571. The molecule has 1 aromatic rings. The van der Waals surface area contributed by atoms with Crippen molar-refractivity contribution >= 4 is 11.9 Å². The van der Waals surface area contributed by atoms with Gasteiger partial charge in [0.25, 0.3) is 0 Å². The van der Waals surface area contributed by atoms with E-state index in [0.717, 1.165) is 47.5 Å². The Labute approximate surface area is 164 Å². The summed E-state index contributed by atoms with van der Waals surface area (Å²) in [5, 5.41) is 0. The van der Waals surface area contributed by atoms with E-state index >= 15 is 0 Å². The monoisotopic (exact) mass is 388 g/mol. The zero-order valence-electron chi connectivity index (χ0n) is 16.5. The van der Waals surface area contributed by atoms with Crippen LogP contribution in [0, 0.1) is 5.92 Å². The van der Waals surface area contributed by atoms with Crippen LogP contribution in [0.4, 0.5) is 0 Å². The Kier molecular flexibility index (Phi) is 3.88. The van der Waals surface area contributed by atoms with Gasteiger partial charge in [-0.15, -0.1) is 0 Å². The molecule has 3 aliphatic heterocycles. The Morgan fingerprint density at radius 2 is 1.82 bits per heavy atom. The van der Waals surface area contributed by atoms with Crippen LogP contribution in [-0.2, 0) is 25.6 Å². The van der Waals surface area contributed by atoms with Crippen molar-refractivity contribution in [2.75, 3.05) is 20.4 Å². The third-order valence-corrected chi connectivity index (χ3v) is 6.98. The van der Waals surface area contributed by atoms with Crippen LogP contribution < -0.4 is 9.47 Å². The Bertz CT molecular complexity index is 854. The van der Waals surface area contributed by atoms with Crippen molar-refractivity contribution in [3.63, 3.8) is 0 Å². The van der Waals surface area contributed by atoms with Crippen LogP contribution >= 0.6 is 0 Å². The van der Waals surface area contributed by atoms with Crippen LogP contribution in [0.2, 0.25) is 0 Å². The summed E-state index contributed by atoms with van der Waals surface area (Å²) in [6, 6.07) is 4.46. The van der Waals surface area contributed by atoms with Gasteiger partial charge < -0.3 is 23.4 Å². The van der Waals surface area contributed by atoms with Gasteiger partial charge in [-0.05, 0) is 24.1 Å². The van der Waals surface area contributed by atoms with Crippen LogP contribution in [0.1, 0.15) is 43.7 Å². The Hall–Kier alpha value is -2.28. The zero-order valence-corrected chi connectivity index (χ0v) is 16.5. The molecule has 0 radical (unpaired) electrons. The topological polar surface area (TPSA) is 71.1 Å². The van der Waals surface area contributed by atoms with E-state index in [4.69, 9.17) is 18.9 Å². The number of quaternary nitrogens is 1. The van der Waals surface area contributed by atoms with Gasteiger partial charge in [0.05, 0.1) is 19.5 Å². The number of nitrogens with zero attached hydrogens (tertiary/aromatic N) is 1. The number of carbonyl (C=O) groups excluding carboxylic acids is 2. The Morgan fingerprint density at radius 1 is 1.11 bits per heavy atom. The normalized spacial score (nSPS) is 37.0. The number of fused-ring (bicyclic) bond motifs is 3. The third kappa shape index (κ3) is 2.59. The molecule has 1 saturated carbocycles. The van der Waals surface area contributed by atoms with E-state index in [1.165, 1.54) is 19.4 Å². The van der Waals surface area contributed by atoms with Gasteiger partial charge in [0.15, 0.2) is 17.6 Å². The number of ether oxygens (including phenoxy) is 4. The summed E-state index contributed by atoms with van der Waals surface area (Å²) in [5.41, 5.74) is 2.34. The van der Waals surface area contributed by atoms with E-state index in [0.29, 0.717) is 12.0 Å². The molecule has 1 aromatic carbocycles. The molecule has 0 spiro atoms. The standard InChI is InChI=1S/C21H26NO6/c1-11(23)27-18-6-13-4-5-22(3)9-14-7-16-17(26-10-25-16)8-15(14)19(20(13)22)21(18)28-12(2)24/h7-8,13,18-21H,4-6,9-10H2,1-3H3/q+1/t13-,18-,19-,20-,21+,22-/m0/s1. The highest BCUT2D eigenvalue weighted by molar-refractivity contribution is 5.67. The average molecular weight is 388 g/mol. The first-order valence-electron chi connectivity index (χ1n) is 9.97. The maximum Gasteiger partial charge on any atom is 0.303 e. The number of benzene rings is 1. The maximum atomic E-state index is 12.0. The number of hydrogen-bond acceptors (Lipinski definition) is 6. The number of carbonyl (C=O) groups is 2. The summed E-state index contributed by atoms with van der Waals surface area (Å²) in [7, 11) is 2.29. The van der Waals surface area contributed by atoms with Gasteiger partial charge in [-0.1, -0.05) is 0 Å². The van der Waals surface area contributed by atoms with Crippen LogP contribution in [0.25, 0.3) is 0 Å². The second-order valence-corrected chi connectivity index (χ2v) is 8.79. The van der Waals surface area contributed by atoms with Crippen molar-refractivity contribution in [2.45, 2.75) is 57.4 Å². The van der Waals surface area contributed by atoms with Gasteiger partial charge in [-0.2, -0.15) is 0 Å². The summed E-state index contributed by atoms with van der Waals surface area (Å²) in [6.45, 7) is 5.06. The molecule has 7 nitrogen and oxygen atoms in total. The molecule has 0 N–H and O–H groups in total. The molecule has 5 rings (SSSR count). The lowest BCUT2D eigenvalue weighted by atomic mass is 9.67. The van der Waals surface area contributed by atoms with Gasteiger partial charge in [0, 0.05) is 31.7 Å². The SMILES string of the molecule is CC(=O)O[C@H]1[C@H]2c3cc4c(cc3C[N@+]3(C)CC[C@@H](C[C@@H]1OC(C)=O)[C@@H]23)OCO4. The van der Waals surface area contributed by atoms with E-state index in [1.807, 2.05) is 6.07 Å². The highest BCUT2D eigenvalue weighted by Crippen LogP contribution is 2.55. The maximum absolute atomic E-state index is 12.0. The molecule has 1 saturated heterocycles. The summed E-state index contributed by atoms with van der Waals surface area (Å²) in [4.78, 5) is 23.7. The van der Waals surface area contributed by atoms with Gasteiger partial charge in [-0.3, -0.25) is 9.59 Å². The minimum Gasteiger partial charge on any atom is -0.459 e. The molecular formula is C21H26NO6+. The first kappa shape index (κ1) is 17.8. The van der Waals surface area contributed by atoms with Crippen molar-refractivity contribution in [2.24, 2.45) is 5.92 Å². The molecule has 6 atom stereocenters. The molecule has 0 bridgehead atoms. The van der Waals surface area contributed by atoms with Gasteiger partial charge in [0.1, 0.15) is 18.7 Å². The van der Waals surface area contributed by atoms with Crippen molar-refractivity contribution in [3.8, 4) is 11.5 Å². The lowest BCUT2D eigenvalue weighted by Crippen LogP contribution is -2.62. The predicted molar refractivity (Wildman–Crippen MR) is 97.7 cm³/mol. The Morgan fingerprint density at radius 3 is 2.54 bits per heavy atom. The number of esters is 2. The molecule has 0 amide bonds. The molecule has 0 unspecified atom stereocenters. The summed E-state index contributed by atoms with van der Waals surface area (Å²) in [6.07, 6.45) is 0.920. The second kappa shape index (κ2) is 6.11. The van der Waals surface area contributed by atoms with Crippen molar-refractivity contribution in [1.29, 1.82) is 0 Å². The lowest BCUT2D eigenvalue weighted by Gasteiger charge is -2.52. The third-order valence-electron chi connectivity index (χ3n) is 6.98. The lowest BCUT2D eigenvalue weighted by molar-refractivity contribution is -0.940. The minimum atomic E-state index is -0.488. The van der Waals surface area contributed by atoms with Crippen molar-refractivity contribution in [3.05, 3.63) is 23.3 Å². The molecule has 0 aromatic heterocycles. The van der Waals surface area contributed by atoms with Crippen LogP contribution in [-0.4, -0.2) is 55.1 Å². The van der Waals surface area contributed by atoms with E-state index in [9.17, 15) is 9.59 Å². The molecule has 28 heavy (non-hydrogen) atoms. The van der Waals surface area contributed by atoms with E-state index in [-0.39, 0.29) is 24.6 Å². The van der Waals surface area contributed by atoms with Crippen molar-refractivity contribution in [1.82, 2.24) is 0 Å².